The molecule has 0 saturated carbocycles. The topological polar surface area (TPSA) is 33.8 Å². The number of likely N-dealkylation sites (N-methyl/N-ethyl adjacent to an activating group) is 1. The van der Waals surface area contributed by atoms with E-state index in [2.05, 4.69) is 32.4 Å². The molecule has 5 nitrogen and oxygen atoms in total. The van der Waals surface area contributed by atoms with Crippen LogP contribution < -0.4 is 10.6 Å². The quantitative estimate of drug-likeness (QED) is 0.587. The Morgan fingerprint density at radius 2 is 1.05 bits per heavy atom. The fourth-order valence-corrected chi connectivity index (χ4v) is 2.99. The second-order valence-electron chi connectivity index (χ2n) is 6.19. The Labute approximate surface area is 124 Å². The minimum atomic E-state index is 1.14. The third kappa shape index (κ3) is 6.50. The first-order chi connectivity index (χ1) is 9.84. The predicted octanol–water partition coefficient (Wildman–Crippen LogP) is -0.491. The average Bonchev–Trinajstić information content (AvgIpc) is 2.48. The van der Waals surface area contributed by atoms with Gasteiger partial charge in [-0.2, -0.15) is 0 Å². The predicted molar refractivity (Wildman–Crippen MR) is 85.4 cm³/mol. The first-order valence-electron chi connectivity index (χ1n) is 8.39. The van der Waals surface area contributed by atoms with E-state index in [-0.39, 0.29) is 0 Å². The van der Waals surface area contributed by atoms with Gasteiger partial charge in [-0.05, 0) is 46.1 Å². The van der Waals surface area contributed by atoms with Crippen molar-refractivity contribution in [2.45, 2.75) is 12.8 Å². The van der Waals surface area contributed by atoms with E-state index in [4.69, 9.17) is 0 Å². The summed E-state index contributed by atoms with van der Waals surface area (Å²) in [6.07, 6.45) is 2.54. The highest BCUT2D eigenvalue weighted by molar-refractivity contribution is 4.69. The molecule has 2 rings (SSSR count). The molecule has 2 atom stereocenters. The van der Waals surface area contributed by atoms with Gasteiger partial charge in [-0.15, -0.1) is 0 Å². The molecular formula is C15H33N5. The molecule has 0 aromatic carbocycles. The van der Waals surface area contributed by atoms with Gasteiger partial charge in [-0.3, -0.25) is 0 Å². The van der Waals surface area contributed by atoms with Crippen molar-refractivity contribution in [1.29, 1.82) is 0 Å². The molecule has 2 aliphatic heterocycles. The first kappa shape index (κ1) is 16.2. The van der Waals surface area contributed by atoms with Crippen molar-refractivity contribution in [2.24, 2.45) is 0 Å². The molecule has 0 radical (unpaired) electrons. The lowest BCUT2D eigenvalue weighted by Crippen LogP contribution is -2.39. The van der Waals surface area contributed by atoms with Crippen LogP contribution in [0.2, 0.25) is 0 Å². The Kier molecular flexibility index (Phi) is 7.83. The summed E-state index contributed by atoms with van der Waals surface area (Å²) >= 11 is 0. The lowest BCUT2D eigenvalue weighted by molar-refractivity contribution is 0.204. The summed E-state index contributed by atoms with van der Waals surface area (Å²) in [6.45, 7) is 14.2. The molecular weight excluding hydrogens is 250 g/mol. The van der Waals surface area contributed by atoms with Gasteiger partial charge in [0.25, 0.3) is 0 Å². The zero-order valence-electron chi connectivity index (χ0n) is 13.2. The molecule has 2 fully saturated rings. The summed E-state index contributed by atoms with van der Waals surface area (Å²) in [7, 11) is 2.27. The van der Waals surface area contributed by atoms with Gasteiger partial charge in [0, 0.05) is 52.4 Å². The molecule has 0 amide bonds. The van der Waals surface area contributed by atoms with E-state index in [1.165, 1.54) is 65.2 Å². The SMILES string of the molecule is CN1CCN2CCCNCCN(CCCNCC2)CC1. The van der Waals surface area contributed by atoms with E-state index >= 15 is 0 Å². The van der Waals surface area contributed by atoms with Crippen molar-refractivity contribution >= 4 is 0 Å². The third-order valence-electron chi connectivity index (χ3n) is 4.46. The minimum Gasteiger partial charge on any atom is -0.315 e. The number of nitrogens with one attached hydrogen (secondary N) is 2. The molecule has 0 aromatic rings. The van der Waals surface area contributed by atoms with Gasteiger partial charge in [0.1, 0.15) is 0 Å². The molecule has 2 bridgehead atoms. The van der Waals surface area contributed by atoms with Crippen LogP contribution >= 0.6 is 0 Å². The average molecular weight is 283 g/mol. The molecule has 2 unspecified atom stereocenters. The lowest BCUT2D eigenvalue weighted by atomic mass is 10.3. The Morgan fingerprint density at radius 3 is 1.55 bits per heavy atom. The lowest BCUT2D eigenvalue weighted by Gasteiger charge is -2.26. The van der Waals surface area contributed by atoms with Crippen molar-refractivity contribution in [3.05, 3.63) is 0 Å². The van der Waals surface area contributed by atoms with Crippen LogP contribution in [0.5, 0.6) is 0 Å². The van der Waals surface area contributed by atoms with Gasteiger partial charge in [-0.1, -0.05) is 0 Å². The maximum Gasteiger partial charge on any atom is 0.0110 e. The number of fused-ring (bicyclic) bond motifs is 6. The molecule has 2 saturated heterocycles. The maximum absolute atomic E-state index is 3.61. The largest absolute Gasteiger partial charge is 0.315 e. The van der Waals surface area contributed by atoms with E-state index < -0.39 is 0 Å². The summed E-state index contributed by atoms with van der Waals surface area (Å²) in [5.41, 5.74) is 0. The minimum absolute atomic E-state index is 1.14. The zero-order valence-corrected chi connectivity index (χ0v) is 13.2. The smallest absolute Gasteiger partial charge is 0.0110 e. The zero-order chi connectivity index (χ0) is 14.0. The van der Waals surface area contributed by atoms with Crippen molar-refractivity contribution in [1.82, 2.24) is 25.3 Å². The van der Waals surface area contributed by atoms with Gasteiger partial charge >= 0.3 is 0 Å². The van der Waals surface area contributed by atoms with Crippen LogP contribution in [0.25, 0.3) is 0 Å². The van der Waals surface area contributed by atoms with Gasteiger partial charge in [-0.25, -0.2) is 0 Å². The van der Waals surface area contributed by atoms with E-state index in [0.717, 1.165) is 26.2 Å². The number of hydrogen-bond acceptors (Lipinski definition) is 5. The normalized spacial score (nSPS) is 32.9. The van der Waals surface area contributed by atoms with E-state index in [0.29, 0.717) is 0 Å². The van der Waals surface area contributed by atoms with Crippen LogP contribution in [0.1, 0.15) is 12.8 Å². The molecule has 2 N–H and O–H groups in total. The molecule has 2 heterocycles. The Hall–Kier alpha value is -0.200. The fourth-order valence-electron chi connectivity index (χ4n) is 2.99. The molecule has 0 spiro atoms. The number of nitrogens with zero attached hydrogens (tertiary/aromatic N) is 3. The van der Waals surface area contributed by atoms with Gasteiger partial charge in [0.2, 0.25) is 0 Å². The van der Waals surface area contributed by atoms with Crippen LogP contribution in [-0.4, -0.2) is 100 Å². The molecule has 5 heteroatoms. The monoisotopic (exact) mass is 283 g/mol. The third-order valence-corrected chi connectivity index (χ3v) is 4.46. The number of rotatable bonds is 0. The van der Waals surface area contributed by atoms with Crippen molar-refractivity contribution in [3.63, 3.8) is 0 Å². The molecule has 118 valence electrons. The Balaban J connectivity index is 1.96. The fraction of sp³-hybridized carbons (Fsp3) is 1.00. The van der Waals surface area contributed by atoms with Crippen LogP contribution in [0.4, 0.5) is 0 Å². The highest BCUT2D eigenvalue weighted by atomic mass is 15.2. The Morgan fingerprint density at radius 1 is 0.550 bits per heavy atom. The standard InChI is InChI=1S/C15H33N5/c1-18-12-14-19-8-2-4-16-6-11-20(15-13-18)9-3-5-17-7-10-19/h16-17H,2-15H2,1H3. The highest BCUT2D eigenvalue weighted by Gasteiger charge is 2.11. The van der Waals surface area contributed by atoms with Crippen LogP contribution in [0.3, 0.4) is 0 Å². The van der Waals surface area contributed by atoms with Gasteiger partial charge in [0.15, 0.2) is 0 Å². The number of hydrogen-bond donors (Lipinski definition) is 2. The molecule has 2 aliphatic rings. The summed E-state index contributed by atoms with van der Waals surface area (Å²) in [4.78, 5) is 7.74. The van der Waals surface area contributed by atoms with Crippen LogP contribution in [-0.2, 0) is 0 Å². The molecule has 20 heavy (non-hydrogen) atoms. The Bertz CT molecular complexity index is 208. The summed E-state index contributed by atoms with van der Waals surface area (Å²) in [6, 6.07) is 0. The second-order valence-corrected chi connectivity index (χ2v) is 6.19. The van der Waals surface area contributed by atoms with E-state index in [1.54, 1.807) is 0 Å². The summed E-state index contributed by atoms with van der Waals surface area (Å²) < 4.78 is 0. The second kappa shape index (κ2) is 9.68. The van der Waals surface area contributed by atoms with Gasteiger partial charge < -0.3 is 25.3 Å². The van der Waals surface area contributed by atoms with E-state index in [9.17, 15) is 0 Å². The van der Waals surface area contributed by atoms with Crippen LogP contribution in [0, 0.1) is 0 Å². The van der Waals surface area contributed by atoms with Gasteiger partial charge in [0.05, 0.1) is 0 Å². The van der Waals surface area contributed by atoms with E-state index in [1.807, 2.05) is 0 Å². The molecule has 0 aliphatic carbocycles. The first-order valence-corrected chi connectivity index (χ1v) is 8.39. The van der Waals surface area contributed by atoms with Crippen molar-refractivity contribution in [2.75, 3.05) is 85.6 Å². The molecule has 0 aromatic heterocycles. The van der Waals surface area contributed by atoms with Crippen molar-refractivity contribution < 1.29 is 0 Å². The summed E-state index contributed by atoms with van der Waals surface area (Å²) in [5, 5.41) is 7.21. The summed E-state index contributed by atoms with van der Waals surface area (Å²) in [5.74, 6) is 0. The highest BCUT2D eigenvalue weighted by Crippen LogP contribution is 1.98. The van der Waals surface area contributed by atoms with Crippen molar-refractivity contribution in [3.8, 4) is 0 Å². The maximum atomic E-state index is 3.61. The van der Waals surface area contributed by atoms with Crippen LogP contribution in [0.15, 0.2) is 0 Å².